The average Bonchev–Trinajstić information content (AvgIpc) is 2.64. The molecule has 6 nitrogen and oxygen atoms in total. The van der Waals surface area contributed by atoms with Crippen molar-refractivity contribution in [1.82, 2.24) is 4.90 Å². The van der Waals surface area contributed by atoms with Crippen molar-refractivity contribution in [2.75, 3.05) is 23.7 Å². The van der Waals surface area contributed by atoms with Gasteiger partial charge >= 0.3 is 0 Å². The third-order valence-corrected chi connectivity index (χ3v) is 5.57. The first-order valence-electron chi connectivity index (χ1n) is 8.21. The zero-order valence-corrected chi connectivity index (χ0v) is 15.2. The lowest BCUT2D eigenvalue weighted by atomic mass is 10.00. The number of hydrogen-bond donors (Lipinski definition) is 0. The van der Waals surface area contributed by atoms with Gasteiger partial charge in [0.1, 0.15) is 6.54 Å². The first-order chi connectivity index (χ1) is 12.4. The number of fused-ring (bicyclic) bond motifs is 1. The fourth-order valence-electron chi connectivity index (χ4n) is 3.06. The maximum Gasteiger partial charge on any atom is 0.243 e. The second kappa shape index (κ2) is 7.18. The molecule has 7 heteroatoms. The molecule has 0 fully saturated rings. The zero-order valence-electron chi connectivity index (χ0n) is 14.4. The van der Waals surface area contributed by atoms with Gasteiger partial charge in [-0.05, 0) is 35.7 Å². The Bertz CT molecular complexity index is 980. The molecule has 1 aliphatic heterocycles. The van der Waals surface area contributed by atoms with E-state index in [9.17, 15) is 13.2 Å². The lowest BCUT2D eigenvalue weighted by molar-refractivity contribution is -0.130. The highest BCUT2D eigenvalue weighted by atomic mass is 32.2. The van der Waals surface area contributed by atoms with E-state index in [1.54, 1.807) is 23.1 Å². The minimum Gasteiger partial charge on any atom is -0.336 e. The number of nitrogens with zero attached hydrogens (tertiary/aromatic N) is 3. The summed E-state index contributed by atoms with van der Waals surface area (Å²) in [6.45, 7) is 0.756. The predicted molar refractivity (Wildman–Crippen MR) is 98.9 cm³/mol. The molecule has 26 heavy (non-hydrogen) atoms. The molecule has 0 saturated heterocycles. The largest absolute Gasteiger partial charge is 0.336 e. The van der Waals surface area contributed by atoms with Crippen LogP contribution in [0.3, 0.4) is 0 Å². The number of nitriles is 1. The molecule has 2 aromatic rings. The highest BCUT2D eigenvalue weighted by molar-refractivity contribution is 7.92. The van der Waals surface area contributed by atoms with Crippen LogP contribution >= 0.6 is 0 Å². The Morgan fingerprint density at radius 1 is 1.19 bits per heavy atom. The molecule has 0 N–H and O–H groups in total. The molecule has 0 aliphatic carbocycles. The molecule has 1 aliphatic rings. The first-order valence-corrected chi connectivity index (χ1v) is 10.1. The van der Waals surface area contributed by atoms with Crippen molar-refractivity contribution in [2.24, 2.45) is 0 Å². The highest BCUT2D eigenvalue weighted by Gasteiger charge is 2.26. The van der Waals surface area contributed by atoms with Crippen LogP contribution in [0.5, 0.6) is 0 Å². The second-order valence-corrected chi connectivity index (χ2v) is 8.17. The van der Waals surface area contributed by atoms with Gasteiger partial charge in [0.25, 0.3) is 0 Å². The zero-order chi connectivity index (χ0) is 18.7. The number of amides is 1. The van der Waals surface area contributed by atoms with Crippen LogP contribution < -0.4 is 4.31 Å². The van der Waals surface area contributed by atoms with Gasteiger partial charge in [-0.15, -0.1) is 0 Å². The average molecular weight is 369 g/mol. The van der Waals surface area contributed by atoms with Gasteiger partial charge in [0, 0.05) is 13.1 Å². The van der Waals surface area contributed by atoms with Crippen molar-refractivity contribution in [1.29, 1.82) is 5.26 Å². The summed E-state index contributed by atoms with van der Waals surface area (Å²) in [6, 6.07) is 16.2. The van der Waals surface area contributed by atoms with Crippen molar-refractivity contribution in [3.63, 3.8) is 0 Å². The number of hydrogen-bond acceptors (Lipinski definition) is 4. The number of anilines is 1. The summed E-state index contributed by atoms with van der Waals surface area (Å²) in [5.74, 6) is -0.257. The van der Waals surface area contributed by atoms with E-state index in [2.05, 4.69) is 0 Å². The lowest BCUT2D eigenvalue weighted by Crippen LogP contribution is -2.44. The van der Waals surface area contributed by atoms with Crippen LogP contribution in [-0.4, -0.2) is 38.6 Å². The van der Waals surface area contributed by atoms with Gasteiger partial charge in [0.2, 0.25) is 15.9 Å². The molecule has 0 aromatic heterocycles. The molecule has 0 radical (unpaired) electrons. The topological polar surface area (TPSA) is 81.5 Å². The number of benzene rings is 2. The third kappa shape index (κ3) is 3.86. The molecule has 3 rings (SSSR count). The predicted octanol–water partition coefficient (Wildman–Crippen LogP) is 1.91. The van der Waals surface area contributed by atoms with Crippen molar-refractivity contribution >= 4 is 21.6 Å². The molecule has 2 aromatic carbocycles. The lowest BCUT2D eigenvalue weighted by Gasteiger charge is -2.31. The molecule has 0 saturated carbocycles. The fourth-order valence-corrected chi connectivity index (χ4v) is 3.90. The molecule has 1 amide bonds. The summed E-state index contributed by atoms with van der Waals surface area (Å²) >= 11 is 0. The van der Waals surface area contributed by atoms with E-state index < -0.39 is 10.0 Å². The Hall–Kier alpha value is -2.85. The summed E-state index contributed by atoms with van der Waals surface area (Å²) < 4.78 is 25.5. The standard InChI is InChI=1S/C19H19N3O3S/c1-26(24,25)22(18-8-4-5-15(11-18)12-20)14-19(23)21-10-9-16-6-2-3-7-17(16)13-21/h2-8,11H,9-10,13-14H2,1H3. The summed E-state index contributed by atoms with van der Waals surface area (Å²) in [7, 11) is -3.66. The van der Waals surface area contributed by atoms with E-state index in [0.717, 1.165) is 22.5 Å². The van der Waals surface area contributed by atoms with Crippen LogP contribution in [0.2, 0.25) is 0 Å². The van der Waals surface area contributed by atoms with Crippen LogP contribution in [0, 0.1) is 11.3 Å². The Morgan fingerprint density at radius 2 is 1.92 bits per heavy atom. The number of carbonyl (C=O) groups is 1. The summed E-state index contributed by atoms with van der Waals surface area (Å²) in [5, 5.41) is 9.03. The third-order valence-electron chi connectivity index (χ3n) is 4.43. The Balaban J connectivity index is 1.82. The van der Waals surface area contributed by atoms with Gasteiger partial charge in [-0.25, -0.2) is 8.42 Å². The van der Waals surface area contributed by atoms with E-state index in [-0.39, 0.29) is 12.5 Å². The van der Waals surface area contributed by atoms with Gasteiger partial charge < -0.3 is 4.90 Å². The van der Waals surface area contributed by atoms with Crippen LogP contribution in [0.15, 0.2) is 48.5 Å². The second-order valence-electron chi connectivity index (χ2n) is 6.27. The minimum atomic E-state index is -3.66. The van der Waals surface area contributed by atoms with Gasteiger partial charge in [-0.3, -0.25) is 9.10 Å². The SMILES string of the molecule is CS(=O)(=O)N(CC(=O)N1CCc2ccccc2C1)c1cccc(C#N)c1. The maximum atomic E-state index is 12.7. The van der Waals surface area contributed by atoms with Crippen molar-refractivity contribution in [3.8, 4) is 6.07 Å². The molecule has 0 atom stereocenters. The van der Waals surface area contributed by atoms with Gasteiger partial charge in [0.05, 0.1) is 23.6 Å². The Kier molecular flexibility index (Phi) is 4.96. The summed E-state index contributed by atoms with van der Waals surface area (Å²) in [5.41, 5.74) is 2.97. The molecule has 0 bridgehead atoms. The first kappa shape index (κ1) is 18.0. The molecule has 0 spiro atoms. The summed E-state index contributed by atoms with van der Waals surface area (Å²) in [4.78, 5) is 14.4. The Labute approximate surface area is 153 Å². The van der Waals surface area contributed by atoms with Crippen molar-refractivity contribution in [3.05, 3.63) is 65.2 Å². The quantitative estimate of drug-likeness (QED) is 0.824. The summed E-state index contributed by atoms with van der Waals surface area (Å²) in [6.07, 6.45) is 1.82. The van der Waals surface area contributed by atoms with Crippen LogP contribution in [0.1, 0.15) is 16.7 Å². The van der Waals surface area contributed by atoms with Gasteiger partial charge in [-0.1, -0.05) is 30.3 Å². The van der Waals surface area contributed by atoms with Crippen molar-refractivity contribution < 1.29 is 13.2 Å². The minimum absolute atomic E-state index is 0.257. The van der Waals surface area contributed by atoms with Crippen molar-refractivity contribution in [2.45, 2.75) is 13.0 Å². The van der Waals surface area contributed by atoms with Crippen LogP contribution in [0.25, 0.3) is 0 Å². The van der Waals surface area contributed by atoms with Gasteiger partial charge in [-0.2, -0.15) is 5.26 Å². The fraction of sp³-hybridized carbons (Fsp3) is 0.263. The molecule has 134 valence electrons. The Morgan fingerprint density at radius 3 is 2.62 bits per heavy atom. The molecule has 1 heterocycles. The molecular weight excluding hydrogens is 350 g/mol. The normalized spacial score (nSPS) is 13.6. The number of carbonyl (C=O) groups excluding carboxylic acids is 1. The van der Waals surface area contributed by atoms with E-state index in [1.165, 1.54) is 11.6 Å². The maximum absolute atomic E-state index is 12.7. The van der Waals surface area contributed by atoms with Crippen LogP contribution in [-0.2, 0) is 27.8 Å². The van der Waals surface area contributed by atoms with Gasteiger partial charge in [0.15, 0.2) is 0 Å². The molecule has 0 unspecified atom stereocenters. The highest BCUT2D eigenvalue weighted by Crippen LogP contribution is 2.22. The van der Waals surface area contributed by atoms with Crippen LogP contribution in [0.4, 0.5) is 5.69 Å². The van der Waals surface area contributed by atoms with E-state index >= 15 is 0 Å². The number of sulfonamides is 1. The van der Waals surface area contributed by atoms with E-state index in [1.807, 2.05) is 30.3 Å². The molecular formula is C19H19N3O3S. The number of rotatable bonds is 4. The van der Waals surface area contributed by atoms with E-state index in [0.29, 0.717) is 24.3 Å². The monoisotopic (exact) mass is 369 g/mol. The van der Waals surface area contributed by atoms with E-state index in [4.69, 9.17) is 5.26 Å². The smallest absolute Gasteiger partial charge is 0.243 e.